The minimum absolute atomic E-state index is 0.193. The van der Waals surface area contributed by atoms with Gasteiger partial charge in [-0.15, -0.1) is 0 Å². The lowest BCUT2D eigenvalue weighted by Gasteiger charge is -2.10. The Balaban J connectivity index is 1.57. The highest BCUT2D eigenvalue weighted by Gasteiger charge is 2.12. The highest BCUT2D eigenvalue weighted by Crippen LogP contribution is 2.24. The predicted molar refractivity (Wildman–Crippen MR) is 129 cm³/mol. The molecular weight excluding hydrogens is 517 g/mol. The van der Waals surface area contributed by atoms with Crippen LogP contribution in [0.25, 0.3) is 0 Å². The molecule has 3 aromatic carbocycles. The van der Waals surface area contributed by atoms with Crippen LogP contribution in [0.4, 0.5) is 0 Å². The fourth-order valence-corrected chi connectivity index (χ4v) is 3.29. The quantitative estimate of drug-likeness (QED) is 0.251. The number of amides is 2. The van der Waals surface area contributed by atoms with E-state index in [2.05, 4.69) is 31.8 Å². The van der Waals surface area contributed by atoms with Crippen LogP contribution in [-0.2, 0) is 22.7 Å². The summed E-state index contributed by atoms with van der Waals surface area (Å²) < 4.78 is 6.66. The maximum absolute atomic E-state index is 12.0. The Morgan fingerprint density at radius 3 is 2.50 bits per heavy atom. The first-order chi connectivity index (χ1) is 15.4. The van der Waals surface area contributed by atoms with Gasteiger partial charge < -0.3 is 10.1 Å². The number of rotatable bonds is 7. The number of halogens is 3. The van der Waals surface area contributed by atoms with Crippen molar-refractivity contribution in [3.8, 4) is 5.75 Å². The summed E-state index contributed by atoms with van der Waals surface area (Å²) in [6.45, 7) is 0.459. The van der Waals surface area contributed by atoms with Gasteiger partial charge in [-0.25, -0.2) is 5.43 Å². The Hall–Kier alpha value is -2.87. The van der Waals surface area contributed by atoms with Crippen molar-refractivity contribution in [3.63, 3.8) is 0 Å². The molecule has 0 saturated carbocycles. The van der Waals surface area contributed by atoms with Gasteiger partial charge in [0, 0.05) is 32.2 Å². The summed E-state index contributed by atoms with van der Waals surface area (Å²) in [5.74, 6) is -1.15. The van der Waals surface area contributed by atoms with Crippen molar-refractivity contribution < 1.29 is 14.3 Å². The molecule has 0 heterocycles. The molecule has 3 aromatic rings. The molecule has 0 aliphatic carbocycles. The van der Waals surface area contributed by atoms with Gasteiger partial charge in [0.15, 0.2) is 0 Å². The number of hydrogen-bond donors (Lipinski definition) is 2. The van der Waals surface area contributed by atoms with Gasteiger partial charge in [-0.1, -0.05) is 69.5 Å². The number of carbonyl (C=O) groups is 2. The van der Waals surface area contributed by atoms with Crippen LogP contribution in [0.15, 0.2) is 76.3 Å². The fourth-order valence-electron chi connectivity index (χ4n) is 2.60. The molecule has 0 unspecified atom stereocenters. The molecule has 0 saturated heterocycles. The maximum atomic E-state index is 12.0. The van der Waals surface area contributed by atoms with E-state index in [0.29, 0.717) is 21.4 Å². The monoisotopic (exact) mass is 533 g/mol. The summed E-state index contributed by atoms with van der Waals surface area (Å²) in [7, 11) is 0. The summed E-state index contributed by atoms with van der Waals surface area (Å²) in [6.07, 6.45) is 1.40. The minimum atomic E-state index is -0.885. The molecular formula is C23H18BrCl2N3O3. The molecule has 0 aliphatic heterocycles. The van der Waals surface area contributed by atoms with Crippen molar-refractivity contribution >= 4 is 57.2 Å². The first-order valence-electron chi connectivity index (χ1n) is 9.44. The van der Waals surface area contributed by atoms with E-state index in [0.717, 1.165) is 15.6 Å². The molecule has 9 heteroatoms. The molecule has 0 aromatic heterocycles. The predicted octanol–water partition coefficient (Wildman–Crippen LogP) is 5.10. The van der Waals surface area contributed by atoms with E-state index in [-0.39, 0.29) is 13.2 Å². The van der Waals surface area contributed by atoms with Gasteiger partial charge in [-0.2, -0.15) is 5.10 Å². The molecule has 0 bridgehead atoms. The van der Waals surface area contributed by atoms with E-state index in [1.165, 1.54) is 6.21 Å². The van der Waals surface area contributed by atoms with Crippen LogP contribution in [-0.4, -0.2) is 18.0 Å². The van der Waals surface area contributed by atoms with Gasteiger partial charge in [0.2, 0.25) is 0 Å². The van der Waals surface area contributed by atoms with Crippen LogP contribution in [0.3, 0.4) is 0 Å². The fraction of sp³-hybridized carbons (Fsp3) is 0.0870. The van der Waals surface area contributed by atoms with Gasteiger partial charge in [-0.3, -0.25) is 9.59 Å². The largest absolute Gasteiger partial charge is 0.488 e. The van der Waals surface area contributed by atoms with E-state index in [9.17, 15) is 9.59 Å². The molecule has 2 N–H and O–H groups in total. The lowest BCUT2D eigenvalue weighted by atomic mass is 10.2. The third kappa shape index (κ3) is 7.09. The molecule has 0 aliphatic rings. The number of benzene rings is 3. The van der Waals surface area contributed by atoms with Crippen LogP contribution in [0.1, 0.15) is 16.7 Å². The molecule has 164 valence electrons. The SMILES string of the molecule is O=C(NCc1ccc(Cl)cc1)C(=O)N/N=C\c1cc(Br)ccc1OCc1ccccc1Cl. The Morgan fingerprint density at radius 2 is 1.75 bits per heavy atom. The maximum Gasteiger partial charge on any atom is 0.329 e. The Labute approximate surface area is 203 Å². The number of nitrogens with one attached hydrogen (secondary N) is 2. The molecule has 0 fully saturated rings. The molecule has 0 spiro atoms. The summed E-state index contributed by atoms with van der Waals surface area (Å²) in [5.41, 5.74) is 4.47. The summed E-state index contributed by atoms with van der Waals surface area (Å²) >= 11 is 15.4. The Bertz CT molecular complexity index is 1140. The zero-order valence-corrected chi connectivity index (χ0v) is 19.7. The highest BCUT2D eigenvalue weighted by atomic mass is 79.9. The van der Waals surface area contributed by atoms with E-state index in [1.54, 1.807) is 42.5 Å². The topological polar surface area (TPSA) is 79.8 Å². The molecule has 0 radical (unpaired) electrons. The van der Waals surface area contributed by atoms with Gasteiger partial charge in [0.05, 0.1) is 6.21 Å². The highest BCUT2D eigenvalue weighted by molar-refractivity contribution is 9.10. The average molecular weight is 535 g/mol. The van der Waals surface area contributed by atoms with E-state index in [4.69, 9.17) is 27.9 Å². The standard InChI is InChI=1S/C23H18BrCl2N3O3/c24-18-7-10-21(32-14-16-3-1-2-4-20(16)26)17(11-18)13-28-29-23(31)22(30)27-12-15-5-8-19(25)9-6-15/h1-11,13H,12,14H2,(H,27,30)(H,29,31)/b28-13-. The minimum Gasteiger partial charge on any atom is -0.488 e. The molecule has 6 nitrogen and oxygen atoms in total. The second-order valence-electron chi connectivity index (χ2n) is 6.57. The molecule has 2 amide bonds. The molecule has 0 atom stereocenters. The van der Waals surface area contributed by atoms with Crippen molar-refractivity contribution in [1.82, 2.24) is 10.7 Å². The molecule has 32 heavy (non-hydrogen) atoms. The lowest BCUT2D eigenvalue weighted by Crippen LogP contribution is -2.37. The third-order valence-electron chi connectivity index (χ3n) is 4.26. The van der Waals surface area contributed by atoms with Crippen LogP contribution >= 0.6 is 39.1 Å². The molecule has 3 rings (SSSR count). The van der Waals surface area contributed by atoms with E-state index in [1.807, 2.05) is 24.3 Å². The van der Waals surface area contributed by atoms with Gasteiger partial charge >= 0.3 is 11.8 Å². The van der Waals surface area contributed by atoms with Gasteiger partial charge in [-0.05, 0) is 42.0 Å². The Kier molecular flexibility index (Phi) is 8.67. The zero-order chi connectivity index (χ0) is 22.9. The van der Waals surface area contributed by atoms with Gasteiger partial charge in [0.1, 0.15) is 12.4 Å². The first-order valence-corrected chi connectivity index (χ1v) is 11.0. The van der Waals surface area contributed by atoms with Crippen molar-refractivity contribution in [2.45, 2.75) is 13.2 Å². The number of ether oxygens (including phenoxy) is 1. The lowest BCUT2D eigenvalue weighted by molar-refractivity contribution is -0.139. The van der Waals surface area contributed by atoms with Crippen LogP contribution in [0.5, 0.6) is 5.75 Å². The summed E-state index contributed by atoms with van der Waals surface area (Å²) in [5, 5.41) is 7.59. The average Bonchev–Trinajstić information content (AvgIpc) is 2.79. The normalized spacial score (nSPS) is 10.7. The van der Waals surface area contributed by atoms with Crippen molar-refractivity contribution in [2.75, 3.05) is 0 Å². The van der Waals surface area contributed by atoms with Crippen molar-refractivity contribution in [1.29, 1.82) is 0 Å². The van der Waals surface area contributed by atoms with Crippen LogP contribution < -0.4 is 15.5 Å². The van der Waals surface area contributed by atoms with Crippen LogP contribution in [0.2, 0.25) is 10.0 Å². The third-order valence-corrected chi connectivity index (χ3v) is 5.37. The number of carbonyl (C=O) groups excluding carboxylic acids is 2. The van der Waals surface area contributed by atoms with E-state index < -0.39 is 11.8 Å². The second kappa shape index (κ2) is 11.7. The smallest absolute Gasteiger partial charge is 0.329 e. The number of hydrogen-bond acceptors (Lipinski definition) is 4. The summed E-state index contributed by atoms with van der Waals surface area (Å²) in [4.78, 5) is 24.0. The van der Waals surface area contributed by atoms with E-state index >= 15 is 0 Å². The Morgan fingerprint density at radius 1 is 1.00 bits per heavy atom. The van der Waals surface area contributed by atoms with Crippen LogP contribution in [0, 0.1) is 0 Å². The zero-order valence-electron chi connectivity index (χ0n) is 16.6. The summed E-state index contributed by atoms with van der Waals surface area (Å²) in [6, 6.07) is 19.7. The van der Waals surface area contributed by atoms with Gasteiger partial charge in [0.25, 0.3) is 0 Å². The second-order valence-corrected chi connectivity index (χ2v) is 8.33. The first kappa shape index (κ1) is 23.8. The number of hydrazone groups is 1. The number of nitrogens with zero attached hydrogens (tertiary/aromatic N) is 1. The van der Waals surface area contributed by atoms with Crippen molar-refractivity contribution in [3.05, 3.63) is 97.9 Å². The van der Waals surface area contributed by atoms with Crippen molar-refractivity contribution in [2.24, 2.45) is 5.10 Å².